The number of hydrogen-bond donors (Lipinski definition) is 1. The van der Waals surface area contributed by atoms with Crippen LogP contribution in [0.2, 0.25) is 0 Å². The molecule has 2 rings (SSSR count). The summed E-state index contributed by atoms with van der Waals surface area (Å²) in [6.45, 7) is 5.48. The van der Waals surface area contributed by atoms with Gasteiger partial charge in [0.05, 0.1) is 12.0 Å². The van der Waals surface area contributed by atoms with E-state index in [1.54, 1.807) is 11.8 Å². The third kappa shape index (κ3) is 6.56. The van der Waals surface area contributed by atoms with Crippen LogP contribution in [0.5, 0.6) is 0 Å². The van der Waals surface area contributed by atoms with Gasteiger partial charge in [0.1, 0.15) is 11.7 Å². The number of ether oxygens (including phenoxy) is 2. The number of hydrogen-bond acceptors (Lipinski definition) is 5. The summed E-state index contributed by atoms with van der Waals surface area (Å²) in [5.41, 5.74) is 0.506. The van der Waals surface area contributed by atoms with Crippen molar-refractivity contribution in [1.82, 2.24) is 5.32 Å². The fourth-order valence-electron chi connectivity index (χ4n) is 3.01. The molecule has 1 aromatic rings. The normalized spacial score (nSPS) is 21.2. The summed E-state index contributed by atoms with van der Waals surface area (Å²) < 4.78 is 11.0. The Morgan fingerprint density at radius 1 is 1.35 bits per heavy atom. The number of benzene rings is 1. The molecule has 0 saturated carbocycles. The minimum absolute atomic E-state index is 0.0915. The van der Waals surface area contributed by atoms with Crippen molar-refractivity contribution in [3.05, 3.63) is 35.9 Å². The van der Waals surface area contributed by atoms with Crippen molar-refractivity contribution in [3.63, 3.8) is 0 Å². The van der Waals surface area contributed by atoms with Gasteiger partial charge in [-0.2, -0.15) is 11.8 Å². The first-order valence-electron chi connectivity index (χ1n) is 9.01. The molecule has 6 heteroatoms. The molecule has 1 saturated heterocycles. The lowest BCUT2D eigenvalue weighted by Gasteiger charge is -2.26. The van der Waals surface area contributed by atoms with Crippen molar-refractivity contribution in [2.45, 2.75) is 57.8 Å². The second-order valence-corrected chi connectivity index (χ2v) is 8.62. The van der Waals surface area contributed by atoms with Gasteiger partial charge >= 0.3 is 12.1 Å². The molecule has 0 bridgehead atoms. The van der Waals surface area contributed by atoms with Crippen LogP contribution in [0.4, 0.5) is 4.79 Å². The van der Waals surface area contributed by atoms with E-state index in [0.717, 1.165) is 17.7 Å². The Morgan fingerprint density at radius 2 is 2.04 bits per heavy atom. The zero-order valence-corrected chi connectivity index (χ0v) is 16.8. The largest absolute Gasteiger partial charge is 0.460 e. The van der Waals surface area contributed by atoms with E-state index < -0.39 is 11.7 Å². The van der Waals surface area contributed by atoms with Gasteiger partial charge in [0.2, 0.25) is 0 Å². The summed E-state index contributed by atoms with van der Waals surface area (Å²) >= 11 is 1.72. The summed E-state index contributed by atoms with van der Waals surface area (Å²) in [5.74, 6) is 0.675. The first-order chi connectivity index (χ1) is 12.3. The lowest BCUT2D eigenvalue weighted by Crippen LogP contribution is -2.46. The summed E-state index contributed by atoms with van der Waals surface area (Å²) in [4.78, 5) is 24.5. The molecule has 3 atom stereocenters. The number of nitrogens with one attached hydrogen (secondary N) is 1. The highest BCUT2D eigenvalue weighted by Crippen LogP contribution is 2.28. The van der Waals surface area contributed by atoms with Gasteiger partial charge < -0.3 is 14.8 Å². The van der Waals surface area contributed by atoms with E-state index in [1.807, 2.05) is 57.4 Å². The highest BCUT2D eigenvalue weighted by atomic mass is 32.2. The SMILES string of the molecule is CSCC[C@@H]1C[C@@H](C(Cc2ccccc2)NC(=O)OC(C)(C)C)OC1=O. The lowest BCUT2D eigenvalue weighted by molar-refractivity contribution is -0.145. The number of cyclic esters (lactones) is 1. The van der Waals surface area contributed by atoms with Gasteiger partial charge in [-0.25, -0.2) is 4.79 Å². The second-order valence-electron chi connectivity index (χ2n) is 7.63. The van der Waals surface area contributed by atoms with Crippen molar-refractivity contribution in [3.8, 4) is 0 Å². The molecule has 26 heavy (non-hydrogen) atoms. The van der Waals surface area contributed by atoms with Gasteiger partial charge in [0.25, 0.3) is 0 Å². The molecule has 0 aromatic heterocycles. The summed E-state index contributed by atoms with van der Waals surface area (Å²) in [6, 6.07) is 9.57. The van der Waals surface area contributed by atoms with Crippen molar-refractivity contribution in [2.75, 3.05) is 12.0 Å². The Balaban J connectivity index is 2.07. The maximum Gasteiger partial charge on any atom is 0.408 e. The first-order valence-corrected chi connectivity index (χ1v) is 10.4. The number of alkyl carbamates (subject to hydrolysis) is 1. The maximum atomic E-state index is 12.3. The van der Waals surface area contributed by atoms with Crippen LogP contribution >= 0.6 is 11.8 Å². The molecule has 0 spiro atoms. The first kappa shape index (κ1) is 20.6. The van der Waals surface area contributed by atoms with Crippen LogP contribution in [0.25, 0.3) is 0 Å². The second kappa shape index (κ2) is 9.31. The smallest absolute Gasteiger partial charge is 0.408 e. The van der Waals surface area contributed by atoms with E-state index in [0.29, 0.717) is 12.8 Å². The van der Waals surface area contributed by atoms with Gasteiger partial charge in [-0.05, 0) is 57.6 Å². The molecule has 1 aromatic carbocycles. The van der Waals surface area contributed by atoms with Gasteiger partial charge in [-0.15, -0.1) is 0 Å². The molecule has 1 N–H and O–H groups in total. The van der Waals surface area contributed by atoms with Crippen LogP contribution in [0.1, 0.15) is 39.2 Å². The van der Waals surface area contributed by atoms with Gasteiger partial charge in [-0.1, -0.05) is 30.3 Å². The monoisotopic (exact) mass is 379 g/mol. The van der Waals surface area contributed by atoms with E-state index in [4.69, 9.17) is 9.47 Å². The summed E-state index contributed by atoms with van der Waals surface area (Å²) in [5, 5.41) is 2.92. The van der Waals surface area contributed by atoms with Crippen molar-refractivity contribution in [2.24, 2.45) is 5.92 Å². The van der Waals surface area contributed by atoms with Crippen LogP contribution in [-0.4, -0.2) is 41.8 Å². The summed E-state index contributed by atoms with van der Waals surface area (Å²) in [7, 11) is 0. The molecule has 0 radical (unpaired) electrons. The van der Waals surface area contributed by atoms with Crippen LogP contribution < -0.4 is 5.32 Å². The molecule has 144 valence electrons. The predicted molar refractivity (Wildman–Crippen MR) is 104 cm³/mol. The van der Waals surface area contributed by atoms with E-state index >= 15 is 0 Å². The zero-order valence-electron chi connectivity index (χ0n) is 16.0. The van der Waals surface area contributed by atoms with Crippen molar-refractivity contribution in [1.29, 1.82) is 0 Å². The molecule has 1 fully saturated rings. The average molecular weight is 380 g/mol. The van der Waals surface area contributed by atoms with Crippen molar-refractivity contribution >= 4 is 23.8 Å². The standard InChI is InChI=1S/C20H29NO4S/c1-20(2,3)25-19(23)21-16(12-14-8-6-5-7-9-14)17-13-15(10-11-26-4)18(22)24-17/h5-9,15-17H,10-13H2,1-4H3,(H,21,23)/t15-,16?,17+/m1/s1. The predicted octanol–water partition coefficient (Wildman–Crippen LogP) is 3.81. The number of esters is 1. The Hall–Kier alpha value is -1.69. The molecule has 5 nitrogen and oxygen atoms in total. The molecular weight excluding hydrogens is 350 g/mol. The highest BCUT2D eigenvalue weighted by molar-refractivity contribution is 7.98. The highest BCUT2D eigenvalue weighted by Gasteiger charge is 2.39. The van der Waals surface area contributed by atoms with E-state index in [2.05, 4.69) is 5.32 Å². The number of rotatable bonds is 7. The number of amides is 1. The Labute approximate surface area is 160 Å². The Kier molecular flexibility index (Phi) is 7.38. The molecule has 1 aliphatic rings. The van der Waals surface area contributed by atoms with Gasteiger partial charge in [-0.3, -0.25) is 4.79 Å². The van der Waals surface area contributed by atoms with Crippen molar-refractivity contribution < 1.29 is 19.1 Å². The number of carbonyl (C=O) groups is 2. The average Bonchev–Trinajstić information content (AvgIpc) is 2.92. The van der Waals surface area contributed by atoms with E-state index in [9.17, 15) is 9.59 Å². The Bertz CT molecular complexity index is 600. The third-order valence-corrected chi connectivity index (χ3v) is 4.88. The quantitative estimate of drug-likeness (QED) is 0.730. The number of carbonyl (C=O) groups excluding carboxylic acids is 2. The minimum atomic E-state index is -0.575. The molecule has 1 unspecified atom stereocenters. The Morgan fingerprint density at radius 3 is 2.65 bits per heavy atom. The lowest BCUT2D eigenvalue weighted by atomic mass is 9.94. The van der Waals surface area contributed by atoms with Crippen LogP contribution in [0, 0.1) is 5.92 Å². The van der Waals surface area contributed by atoms with Gasteiger partial charge in [0, 0.05) is 0 Å². The maximum absolute atomic E-state index is 12.3. The third-order valence-electron chi connectivity index (χ3n) is 4.24. The van der Waals surface area contributed by atoms with E-state index in [1.165, 1.54) is 0 Å². The molecular formula is C20H29NO4S. The fourth-order valence-corrected chi connectivity index (χ4v) is 3.53. The van der Waals surface area contributed by atoms with Crippen LogP contribution in [0.15, 0.2) is 30.3 Å². The van der Waals surface area contributed by atoms with Crippen LogP contribution in [-0.2, 0) is 20.7 Å². The zero-order chi connectivity index (χ0) is 19.2. The molecule has 1 heterocycles. The summed E-state index contributed by atoms with van der Waals surface area (Å²) in [6.07, 6.45) is 3.24. The van der Waals surface area contributed by atoms with Crippen LogP contribution in [0.3, 0.4) is 0 Å². The fraction of sp³-hybridized carbons (Fsp3) is 0.600. The topological polar surface area (TPSA) is 64.6 Å². The van der Waals surface area contributed by atoms with Gasteiger partial charge in [0.15, 0.2) is 0 Å². The molecule has 1 amide bonds. The minimum Gasteiger partial charge on any atom is -0.460 e. The number of thioether (sulfide) groups is 1. The molecule has 0 aliphatic carbocycles. The van der Waals surface area contributed by atoms with E-state index in [-0.39, 0.29) is 24.0 Å². The molecule has 1 aliphatic heterocycles.